The van der Waals surface area contributed by atoms with Gasteiger partial charge in [-0.1, -0.05) is 6.92 Å². The number of nitrogens with one attached hydrogen (secondary N) is 1. The van der Waals surface area contributed by atoms with Crippen molar-refractivity contribution in [3.63, 3.8) is 0 Å². The van der Waals surface area contributed by atoms with Gasteiger partial charge in [0.2, 0.25) is 0 Å². The van der Waals surface area contributed by atoms with Crippen LogP contribution in [0.2, 0.25) is 0 Å². The van der Waals surface area contributed by atoms with Crippen molar-refractivity contribution in [3.8, 4) is 0 Å². The van der Waals surface area contributed by atoms with Crippen LogP contribution in [0, 0.1) is 6.92 Å². The van der Waals surface area contributed by atoms with E-state index >= 15 is 0 Å². The van der Waals surface area contributed by atoms with Crippen LogP contribution in [0.3, 0.4) is 0 Å². The van der Waals surface area contributed by atoms with Crippen molar-refractivity contribution in [2.24, 2.45) is 7.05 Å². The van der Waals surface area contributed by atoms with Gasteiger partial charge < -0.3 is 10.4 Å². The summed E-state index contributed by atoms with van der Waals surface area (Å²) in [5.41, 5.74) is 2.16. The lowest BCUT2D eigenvalue weighted by molar-refractivity contribution is 0.261. The number of nitrogens with zero attached hydrogens (tertiary/aromatic N) is 2. The van der Waals surface area contributed by atoms with Gasteiger partial charge in [-0.15, -0.1) is 0 Å². The average Bonchev–Trinajstić information content (AvgIpc) is 2.49. The number of hydrogen-bond acceptors (Lipinski definition) is 3. The van der Waals surface area contributed by atoms with E-state index in [1.165, 1.54) is 0 Å². The molecule has 0 saturated carbocycles. The number of aryl methyl sites for hydroxylation is 2. The van der Waals surface area contributed by atoms with Gasteiger partial charge in [-0.05, 0) is 35.7 Å². The van der Waals surface area contributed by atoms with Crippen LogP contribution in [0.15, 0.2) is 4.47 Å². The molecule has 2 N–H and O–H groups in total. The highest BCUT2D eigenvalue weighted by molar-refractivity contribution is 9.10. The topological polar surface area (TPSA) is 50.1 Å². The Morgan fingerprint density at radius 3 is 2.69 bits per heavy atom. The predicted molar refractivity (Wildman–Crippen MR) is 68.3 cm³/mol. The van der Waals surface area contributed by atoms with Gasteiger partial charge in [0.1, 0.15) is 0 Å². The van der Waals surface area contributed by atoms with Crippen molar-refractivity contribution in [1.82, 2.24) is 15.1 Å². The zero-order chi connectivity index (χ0) is 12.1. The van der Waals surface area contributed by atoms with Crippen molar-refractivity contribution in [1.29, 1.82) is 0 Å². The molecule has 5 heteroatoms. The van der Waals surface area contributed by atoms with Crippen molar-refractivity contribution >= 4 is 15.9 Å². The Balaban J connectivity index is 2.59. The summed E-state index contributed by atoms with van der Waals surface area (Å²) < 4.78 is 2.96. The van der Waals surface area contributed by atoms with Gasteiger partial charge in [-0.2, -0.15) is 5.10 Å². The normalized spacial score (nSPS) is 13.1. The molecular formula is C11H20BrN3O. The van der Waals surface area contributed by atoms with E-state index in [0.29, 0.717) is 6.04 Å². The fourth-order valence-corrected chi connectivity index (χ4v) is 2.20. The van der Waals surface area contributed by atoms with E-state index in [4.69, 9.17) is 5.11 Å². The van der Waals surface area contributed by atoms with Crippen LogP contribution >= 0.6 is 15.9 Å². The summed E-state index contributed by atoms with van der Waals surface area (Å²) >= 11 is 3.54. The van der Waals surface area contributed by atoms with Crippen LogP contribution in [0.1, 0.15) is 31.2 Å². The highest BCUT2D eigenvalue weighted by atomic mass is 79.9. The van der Waals surface area contributed by atoms with Gasteiger partial charge in [0.25, 0.3) is 0 Å². The largest absolute Gasteiger partial charge is 0.396 e. The first-order chi connectivity index (χ1) is 7.60. The van der Waals surface area contributed by atoms with E-state index in [-0.39, 0.29) is 6.61 Å². The Morgan fingerprint density at radius 2 is 2.25 bits per heavy atom. The van der Waals surface area contributed by atoms with Crippen LogP contribution in [0.5, 0.6) is 0 Å². The molecule has 0 aromatic carbocycles. The summed E-state index contributed by atoms with van der Waals surface area (Å²) in [5.74, 6) is 0. The molecule has 0 bridgehead atoms. The van der Waals surface area contributed by atoms with E-state index in [9.17, 15) is 0 Å². The molecule has 1 aromatic heterocycles. The summed E-state index contributed by atoms with van der Waals surface area (Å²) in [7, 11) is 1.95. The third-order valence-electron chi connectivity index (χ3n) is 2.79. The third-order valence-corrected chi connectivity index (χ3v) is 3.82. The molecule has 4 nitrogen and oxygen atoms in total. The van der Waals surface area contributed by atoms with Crippen molar-refractivity contribution in [3.05, 3.63) is 15.9 Å². The number of hydrogen-bond donors (Lipinski definition) is 2. The molecule has 1 unspecified atom stereocenters. The lowest BCUT2D eigenvalue weighted by Gasteiger charge is -2.15. The summed E-state index contributed by atoms with van der Waals surface area (Å²) in [6.07, 6.45) is 1.82. The number of rotatable bonds is 6. The Kier molecular flexibility index (Phi) is 5.44. The molecule has 1 rings (SSSR count). The molecule has 0 aliphatic rings. The Morgan fingerprint density at radius 1 is 1.56 bits per heavy atom. The number of aliphatic hydroxyl groups is 1. The molecule has 0 aliphatic carbocycles. The van der Waals surface area contributed by atoms with E-state index in [1.807, 2.05) is 18.7 Å². The number of aromatic nitrogens is 2. The second kappa shape index (κ2) is 6.37. The molecule has 1 heterocycles. The highest BCUT2D eigenvalue weighted by Gasteiger charge is 2.12. The zero-order valence-corrected chi connectivity index (χ0v) is 11.7. The zero-order valence-electron chi connectivity index (χ0n) is 10.1. The maximum atomic E-state index is 8.91. The standard InChI is InChI=1S/C11H20BrN3O/c1-4-9(5-6-16)13-7-10-11(12)8(2)14-15(10)3/h9,13,16H,4-7H2,1-3H3. The molecule has 92 valence electrons. The van der Waals surface area contributed by atoms with Gasteiger partial charge in [-0.25, -0.2) is 0 Å². The van der Waals surface area contributed by atoms with E-state index < -0.39 is 0 Å². The smallest absolute Gasteiger partial charge is 0.0739 e. The van der Waals surface area contributed by atoms with Crippen LogP contribution < -0.4 is 5.32 Å². The first kappa shape index (κ1) is 13.7. The summed E-state index contributed by atoms with van der Waals surface area (Å²) in [6, 6.07) is 0.368. The van der Waals surface area contributed by atoms with Crippen LogP contribution in [-0.2, 0) is 13.6 Å². The van der Waals surface area contributed by atoms with Gasteiger partial charge >= 0.3 is 0 Å². The summed E-state index contributed by atoms with van der Waals surface area (Å²) in [5, 5.41) is 16.7. The monoisotopic (exact) mass is 289 g/mol. The first-order valence-corrected chi connectivity index (χ1v) is 6.41. The van der Waals surface area contributed by atoms with Crippen molar-refractivity contribution < 1.29 is 5.11 Å². The molecule has 1 aromatic rings. The molecule has 0 aliphatic heterocycles. The SMILES string of the molecule is CCC(CCO)NCc1c(Br)c(C)nn1C. The molecule has 0 spiro atoms. The minimum atomic E-state index is 0.233. The number of halogens is 1. The van der Waals surface area contributed by atoms with Crippen molar-refractivity contribution in [2.75, 3.05) is 6.61 Å². The van der Waals surface area contributed by atoms with Crippen molar-refractivity contribution in [2.45, 2.75) is 39.3 Å². The number of aliphatic hydroxyl groups excluding tert-OH is 1. The van der Waals surface area contributed by atoms with Gasteiger partial charge in [0, 0.05) is 26.2 Å². The molecule has 16 heavy (non-hydrogen) atoms. The molecule has 0 radical (unpaired) electrons. The van der Waals surface area contributed by atoms with Gasteiger partial charge in [-0.3, -0.25) is 4.68 Å². The molecule has 1 atom stereocenters. The minimum absolute atomic E-state index is 0.233. The lowest BCUT2D eigenvalue weighted by Crippen LogP contribution is -2.29. The van der Waals surface area contributed by atoms with E-state index in [1.54, 1.807) is 0 Å². The average molecular weight is 290 g/mol. The first-order valence-electron chi connectivity index (χ1n) is 5.62. The fourth-order valence-electron chi connectivity index (χ4n) is 1.72. The Bertz CT molecular complexity index is 338. The van der Waals surface area contributed by atoms with Crippen LogP contribution in [-0.4, -0.2) is 27.5 Å². The quantitative estimate of drug-likeness (QED) is 0.839. The second-order valence-electron chi connectivity index (χ2n) is 3.97. The molecule has 0 amide bonds. The predicted octanol–water partition coefficient (Wildman–Crippen LogP) is 1.74. The van der Waals surface area contributed by atoms with Crippen LogP contribution in [0.25, 0.3) is 0 Å². The molecule has 0 fully saturated rings. The van der Waals surface area contributed by atoms with E-state index in [2.05, 4.69) is 33.3 Å². The van der Waals surface area contributed by atoms with Crippen LogP contribution in [0.4, 0.5) is 0 Å². The Hall–Kier alpha value is -0.390. The minimum Gasteiger partial charge on any atom is -0.396 e. The van der Waals surface area contributed by atoms with Gasteiger partial charge in [0.05, 0.1) is 15.9 Å². The molecular weight excluding hydrogens is 270 g/mol. The van der Waals surface area contributed by atoms with E-state index in [0.717, 1.165) is 35.2 Å². The maximum absolute atomic E-state index is 8.91. The lowest BCUT2D eigenvalue weighted by atomic mass is 10.1. The summed E-state index contributed by atoms with van der Waals surface area (Å²) in [6.45, 7) is 5.11. The fraction of sp³-hybridized carbons (Fsp3) is 0.727. The second-order valence-corrected chi connectivity index (χ2v) is 4.76. The van der Waals surface area contributed by atoms with Gasteiger partial charge in [0.15, 0.2) is 0 Å². The third kappa shape index (κ3) is 3.30. The maximum Gasteiger partial charge on any atom is 0.0739 e. The summed E-state index contributed by atoms with van der Waals surface area (Å²) in [4.78, 5) is 0. The highest BCUT2D eigenvalue weighted by Crippen LogP contribution is 2.20. The molecule has 0 saturated heterocycles. The Labute approximate surface area is 105 Å².